The SMILES string of the molecule is CCCCCCCCCCCCCCCC(=O)OC[C@H](COC(=O)CCCCCCCCCCCCCCCCCCC(C)C)OC(=O)CCCCCCCCCCCCC(C)C. The first kappa shape index (κ1) is 61.4. The maximum atomic E-state index is 12.8. The third kappa shape index (κ3) is 51.3. The number of carbonyl (C=O) groups excluding carboxylic acids is 3. The summed E-state index contributed by atoms with van der Waals surface area (Å²) < 4.78 is 16.9. The Morgan fingerprint density at radius 1 is 0.302 bits per heavy atom. The number of ether oxygens (including phenoxy) is 3. The number of unbranched alkanes of at least 4 members (excludes halogenated alkanes) is 36. The minimum Gasteiger partial charge on any atom is -0.462 e. The highest BCUT2D eigenvalue weighted by Gasteiger charge is 2.19. The lowest BCUT2D eigenvalue weighted by molar-refractivity contribution is -0.167. The van der Waals surface area contributed by atoms with Crippen molar-refractivity contribution < 1.29 is 28.6 Å². The summed E-state index contributed by atoms with van der Waals surface area (Å²) >= 11 is 0. The summed E-state index contributed by atoms with van der Waals surface area (Å²) in [6.07, 6.45) is 52.3. The fourth-order valence-electron chi connectivity index (χ4n) is 8.70. The highest BCUT2D eigenvalue weighted by Crippen LogP contribution is 2.18. The summed E-state index contributed by atoms with van der Waals surface area (Å²) in [7, 11) is 0. The van der Waals surface area contributed by atoms with Gasteiger partial charge in [-0.3, -0.25) is 14.4 Å². The minimum absolute atomic E-state index is 0.0630. The van der Waals surface area contributed by atoms with E-state index >= 15 is 0 Å². The fourth-order valence-corrected chi connectivity index (χ4v) is 8.70. The number of rotatable bonds is 51. The van der Waals surface area contributed by atoms with Crippen molar-refractivity contribution >= 4 is 17.9 Å². The molecule has 6 heteroatoms. The smallest absolute Gasteiger partial charge is 0.306 e. The van der Waals surface area contributed by atoms with Gasteiger partial charge in [0.25, 0.3) is 0 Å². The van der Waals surface area contributed by atoms with Crippen molar-refractivity contribution in [2.24, 2.45) is 11.8 Å². The molecule has 0 spiro atoms. The number of esters is 3. The van der Waals surface area contributed by atoms with E-state index < -0.39 is 6.10 Å². The maximum Gasteiger partial charge on any atom is 0.306 e. The van der Waals surface area contributed by atoms with Crippen LogP contribution < -0.4 is 0 Å². The predicted octanol–water partition coefficient (Wildman–Crippen LogP) is 18.5. The summed E-state index contributed by atoms with van der Waals surface area (Å²) in [4.78, 5) is 38.1. The molecule has 0 amide bonds. The molecule has 1 atom stereocenters. The Bertz CT molecular complexity index is 962. The van der Waals surface area contributed by atoms with Gasteiger partial charge in [0.1, 0.15) is 13.2 Å². The van der Waals surface area contributed by atoms with Gasteiger partial charge in [-0.25, -0.2) is 0 Å². The third-order valence-corrected chi connectivity index (χ3v) is 13.0. The molecular formula is C57H110O6. The van der Waals surface area contributed by atoms with Crippen LogP contribution in [0.4, 0.5) is 0 Å². The Balaban J connectivity index is 4.26. The molecule has 0 aromatic rings. The molecule has 0 N–H and O–H groups in total. The lowest BCUT2D eigenvalue weighted by Crippen LogP contribution is -2.30. The Morgan fingerprint density at radius 3 is 0.778 bits per heavy atom. The zero-order valence-corrected chi connectivity index (χ0v) is 43.2. The number of hydrogen-bond donors (Lipinski definition) is 0. The van der Waals surface area contributed by atoms with Crippen molar-refractivity contribution in [1.29, 1.82) is 0 Å². The van der Waals surface area contributed by atoms with Crippen LogP contribution in [0.2, 0.25) is 0 Å². The van der Waals surface area contributed by atoms with Gasteiger partial charge in [0.2, 0.25) is 0 Å². The van der Waals surface area contributed by atoms with Crippen molar-refractivity contribution in [1.82, 2.24) is 0 Å². The number of hydrogen-bond acceptors (Lipinski definition) is 6. The van der Waals surface area contributed by atoms with Crippen LogP contribution in [-0.2, 0) is 28.6 Å². The van der Waals surface area contributed by atoms with Gasteiger partial charge in [-0.05, 0) is 31.1 Å². The van der Waals surface area contributed by atoms with Crippen LogP contribution in [0.3, 0.4) is 0 Å². The quantitative estimate of drug-likeness (QED) is 0.0344. The molecule has 0 saturated carbocycles. The monoisotopic (exact) mass is 891 g/mol. The molecule has 0 heterocycles. The van der Waals surface area contributed by atoms with Crippen molar-refractivity contribution in [3.63, 3.8) is 0 Å². The molecule has 0 aromatic heterocycles. The second-order valence-corrected chi connectivity index (χ2v) is 20.5. The van der Waals surface area contributed by atoms with E-state index in [9.17, 15) is 14.4 Å². The van der Waals surface area contributed by atoms with E-state index in [1.165, 1.54) is 205 Å². The minimum atomic E-state index is -0.762. The number of carbonyl (C=O) groups is 3. The van der Waals surface area contributed by atoms with E-state index in [1.807, 2.05) is 0 Å². The summed E-state index contributed by atoms with van der Waals surface area (Å²) in [5.41, 5.74) is 0. The van der Waals surface area contributed by atoms with Gasteiger partial charge >= 0.3 is 17.9 Å². The van der Waals surface area contributed by atoms with Crippen molar-refractivity contribution in [2.75, 3.05) is 13.2 Å². The fraction of sp³-hybridized carbons (Fsp3) is 0.947. The van der Waals surface area contributed by atoms with E-state index in [1.54, 1.807) is 0 Å². The molecule has 0 fully saturated rings. The van der Waals surface area contributed by atoms with Crippen LogP contribution in [0.25, 0.3) is 0 Å². The zero-order chi connectivity index (χ0) is 46.1. The molecule has 0 aliphatic carbocycles. The van der Waals surface area contributed by atoms with Crippen LogP contribution in [0.1, 0.15) is 317 Å². The van der Waals surface area contributed by atoms with E-state index in [0.29, 0.717) is 19.3 Å². The highest BCUT2D eigenvalue weighted by atomic mass is 16.6. The second kappa shape index (κ2) is 49.8. The van der Waals surface area contributed by atoms with Crippen LogP contribution in [0.15, 0.2) is 0 Å². The molecule has 0 aliphatic heterocycles. The lowest BCUT2D eigenvalue weighted by atomic mass is 10.0. The average Bonchev–Trinajstić information content (AvgIpc) is 3.25. The first-order chi connectivity index (χ1) is 30.7. The molecule has 0 aromatic carbocycles. The first-order valence-electron chi connectivity index (χ1n) is 28.2. The van der Waals surface area contributed by atoms with Gasteiger partial charge in [0, 0.05) is 19.3 Å². The molecule has 0 saturated heterocycles. The van der Waals surface area contributed by atoms with Crippen LogP contribution in [0, 0.1) is 11.8 Å². The normalized spacial score (nSPS) is 12.0. The molecule has 63 heavy (non-hydrogen) atoms. The summed E-state index contributed by atoms with van der Waals surface area (Å²) in [6, 6.07) is 0. The summed E-state index contributed by atoms with van der Waals surface area (Å²) in [5.74, 6) is 0.827. The lowest BCUT2D eigenvalue weighted by Gasteiger charge is -2.18. The zero-order valence-electron chi connectivity index (χ0n) is 43.2. The van der Waals surface area contributed by atoms with Gasteiger partial charge < -0.3 is 14.2 Å². The third-order valence-electron chi connectivity index (χ3n) is 13.0. The first-order valence-corrected chi connectivity index (χ1v) is 28.2. The second-order valence-electron chi connectivity index (χ2n) is 20.5. The van der Waals surface area contributed by atoms with Crippen LogP contribution in [0.5, 0.6) is 0 Å². The van der Waals surface area contributed by atoms with Crippen LogP contribution >= 0.6 is 0 Å². The van der Waals surface area contributed by atoms with Gasteiger partial charge in [-0.15, -0.1) is 0 Å². The largest absolute Gasteiger partial charge is 0.462 e. The Kier molecular flexibility index (Phi) is 48.6. The van der Waals surface area contributed by atoms with Crippen LogP contribution in [-0.4, -0.2) is 37.2 Å². The molecule has 0 rings (SSSR count). The molecular weight excluding hydrogens is 781 g/mol. The van der Waals surface area contributed by atoms with E-state index in [4.69, 9.17) is 14.2 Å². The molecule has 6 nitrogen and oxygen atoms in total. The topological polar surface area (TPSA) is 78.9 Å². The van der Waals surface area contributed by atoms with E-state index in [0.717, 1.165) is 69.6 Å². The Morgan fingerprint density at radius 2 is 0.524 bits per heavy atom. The Hall–Kier alpha value is -1.59. The van der Waals surface area contributed by atoms with Gasteiger partial charge in [-0.2, -0.15) is 0 Å². The molecule has 0 radical (unpaired) electrons. The molecule has 374 valence electrons. The molecule has 0 bridgehead atoms. The van der Waals surface area contributed by atoms with Crippen molar-refractivity contribution in [3.05, 3.63) is 0 Å². The maximum absolute atomic E-state index is 12.8. The predicted molar refractivity (Wildman–Crippen MR) is 270 cm³/mol. The average molecular weight is 892 g/mol. The van der Waals surface area contributed by atoms with Gasteiger partial charge in [-0.1, -0.05) is 279 Å². The standard InChI is InChI=1S/C57H110O6/c1-6-7-8-9-10-11-12-17-21-27-32-37-42-47-55(58)61-50-54(63-57(60)49-44-39-34-29-24-23-26-31-36-41-46-53(4)5)51-62-56(59)48-43-38-33-28-22-19-16-14-13-15-18-20-25-30-35-40-45-52(2)3/h52-54H,6-51H2,1-5H3/t54-/m1/s1. The molecule has 0 unspecified atom stereocenters. The van der Waals surface area contributed by atoms with Crippen molar-refractivity contribution in [3.8, 4) is 0 Å². The van der Waals surface area contributed by atoms with E-state index in [-0.39, 0.29) is 31.1 Å². The highest BCUT2D eigenvalue weighted by molar-refractivity contribution is 5.71. The Labute approximate surface area is 393 Å². The summed E-state index contributed by atoms with van der Waals surface area (Å²) in [6.45, 7) is 11.4. The van der Waals surface area contributed by atoms with Gasteiger partial charge in [0.15, 0.2) is 6.10 Å². The van der Waals surface area contributed by atoms with E-state index in [2.05, 4.69) is 34.6 Å². The summed E-state index contributed by atoms with van der Waals surface area (Å²) in [5, 5.41) is 0. The molecule has 0 aliphatic rings. The van der Waals surface area contributed by atoms with Gasteiger partial charge in [0.05, 0.1) is 0 Å². The van der Waals surface area contributed by atoms with Crippen molar-refractivity contribution in [2.45, 2.75) is 323 Å².